The van der Waals surface area contributed by atoms with Crippen LogP contribution >= 0.6 is 0 Å². The molecule has 0 radical (unpaired) electrons. The summed E-state index contributed by atoms with van der Waals surface area (Å²) < 4.78 is 14.5. The molecule has 2 N–H and O–H groups in total. The number of anilines is 2. The number of nitrogen functional groups attached to an aromatic ring is 1. The van der Waals surface area contributed by atoms with E-state index in [9.17, 15) is 4.39 Å². The van der Waals surface area contributed by atoms with E-state index in [0.29, 0.717) is 22.8 Å². The second kappa shape index (κ2) is 5.65. The van der Waals surface area contributed by atoms with Gasteiger partial charge in [0.15, 0.2) is 5.82 Å². The molecule has 0 atom stereocenters. The predicted molar refractivity (Wildman–Crippen MR) is 83.4 cm³/mol. The molecule has 1 aromatic carbocycles. The fourth-order valence-corrected chi connectivity index (χ4v) is 2.45. The van der Waals surface area contributed by atoms with E-state index in [-0.39, 0.29) is 11.9 Å². The summed E-state index contributed by atoms with van der Waals surface area (Å²) in [6.07, 6.45) is 1.68. The zero-order valence-electron chi connectivity index (χ0n) is 12.5. The first-order valence-corrected chi connectivity index (χ1v) is 7.01. The van der Waals surface area contributed by atoms with Gasteiger partial charge in [-0.15, -0.1) is 0 Å². The number of hydrogen-bond donors (Lipinski definition) is 1. The summed E-state index contributed by atoms with van der Waals surface area (Å²) in [5, 5.41) is 0.804. The molecule has 0 aliphatic carbocycles. The molecule has 1 heterocycles. The monoisotopic (exact) mass is 275 g/mol. The van der Waals surface area contributed by atoms with Gasteiger partial charge in [0.25, 0.3) is 0 Å². The van der Waals surface area contributed by atoms with E-state index < -0.39 is 0 Å². The number of aromatic nitrogens is 1. The van der Waals surface area contributed by atoms with Crippen molar-refractivity contribution in [3.05, 3.63) is 30.2 Å². The molecule has 0 saturated carbocycles. The Hall–Kier alpha value is -1.84. The highest BCUT2D eigenvalue weighted by atomic mass is 19.1. The standard InChI is InChI=1S/C16H22FN3/c1-10(2)9-20(11(3)4)16-13(17)8-14(18)12-6-5-7-19-15(12)16/h5-8,10-11H,9,18H2,1-4H3. The molecule has 1 aromatic heterocycles. The van der Waals surface area contributed by atoms with Crippen molar-refractivity contribution >= 4 is 22.3 Å². The number of benzene rings is 1. The van der Waals surface area contributed by atoms with Crippen molar-refractivity contribution in [1.82, 2.24) is 4.98 Å². The first-order valence-electron chi connectivity index (χ1n) is 7.01. The maximum absolute atomic E-state index is 14.5. The Bertz CT molecular complexity index is 608. The molecular formula is C16H22FN3. The molecule has 2 aromatic rings. The van der Waals surface area contributed by atoms with Gasteiger partial charge in [0.05, 0.1) is 5.52 Å². The van der Waals surface area contributed by atoms with Gasteiger partial charge >= 0.3 is 0 Å². The van der Waals surface area contributed by atoms with E-state index in [2.05, 4.69) is 37.6 Å². The van der Waals surface area contributed by atoms with Crippen LogP contribution in [-0.2, 0) is 0 Å². The Morgan fingerprint density at radius 2 is 2.00 bits per heavy atom. The van der Waals surface area contributed by atoms with Crippen LogP contribution in [-0.4, -0.2) is 17.6 Å². The van der Waals surface area contributed by atoms with Crippen molar-refractivity contribution in [3.63, 3.8) is 0 Å². The van der Waals surface area contributed by atoms with E-state index >= 15 is 0 Å². The topological polar surface area (TPSA) is 42.1 Å². The van der Waals surface area contributed by atoms with Gasteiger partial charge in [0.1, 0.15) is 5.69 Å². The van der Waals surface area contributed by atoms with Crippen molar-refractivity contribution in [3.8, 4) is 0 Å². The lowest BCUT2D eigenvalue weighted by Gasteiger charge is -2.31. The number of fused-ring (bicyclic) bond motifs is 1. The molecule has 0 fully saturated rings. The van der Waals surface area contributed by atoms with Crippen LogP contribution in [0.5, 0.6) is 0 Å². The largest absolute Gasteiger partial charge is 0.398 e. The highest BCUT2D eigenvalue weighted by Crippen LogP contribution is 2.33. The van der Waals surface area contributed by atoms with Crippen LogP contribution in [0.15, 0.2) is 24.4 Å². The lowest BCUT2D eigenvalue weighted by atomic mass is 10.1. The summed E-state index contributed by atoms with van der Waals surface area (Å²) in [5.41, 5.74) is 7.53. The second-order valence-corrected chi connectivity index (χ2v) is 5.84. The minimum Gasteiger partial charge on any atom is -0.398 e. The second-order valence-electron chi connectivity index (χ2n) is 5.84. The molecule has 0 amide bonds. The number of nitrogens with two attached hydrogens (primary N) is 1. The predicted octanol–water partition coefficient (Wildman–Crippen LogP) is 3.83. The Balaban J connectivity index is 2.68. The van der Waals surface area contributed by atoms with Crippen LogP contribution in [0.2, 0.25) is 0 Å². The fraction of sp³-hybridized carbons (Fsp3) is 0.438. The van der Waals surface area contributed by atoms with Gasteiger partial charge < -0.3 is 10.6 Å². The van der Waals surface area contributed by atoms with Gasteiger partial charge in [0.2, 0.25) is 0 Å². The van der Waals surface area contributed by atoms with E-state index in [0.717, 1.165) is 11.9 Å². The Kier molecular flexibility index (Phi) is 4.12. The van der Waals surface area contributed by atoms with Crippen molar-refractivity contribution < 1.29 is 4.39 Å². The summed E-state index contributed by atoms with van der Waals surface area (Å²) in [6, 6.07) is 5.30. The summed E-state index contributed by atoms with van der Waals surface area (Å²) in [7, 11) is 0. The zero-order valence-corrected chi connectivity index (χ0v) is 12.5. The Labute approximate surface area is 119 Å². The summed E-state index contributed by atoms with van der Waals surface area (Å²) in [4.78, 5) is 6.42. The smallest absolute Gasteiger partial charge is 0.150 e. The van der Waals surface area contributed by atoms with Crippen molar-refractivity contribution in [2.24, 2.45) is 5.92 Å². The molecule has 20 heavy (non-hydrogen) atoms. The van der Waals surface area contributed by atoms with Crippen LogP contribution < -0.4 is 10.6 Å². The highest BCUT2D eigenvalue weighted by Gasteiger charge is 2.21. The van der Waals surface area contributed by atoms with Gasteiger partial charge in [-0.3, -0.25) is 4.98 Å². The van der Waals surface area contributed by atoms with E-state index in [1.807, 2.05) is 12.1 Å². The summed E-state index contributed by atoms with van der Waals surface area (Å²) >= 11 is 0. The molecule has 0 bridgehead atoms. The first-order chi connectivity index (χ1) is 9.41. The SMILES string of the molecule is CC(C)CN(c1c(F)cc(N)c2cccnc12)C(C)C. The Morgan fingerprint density at radius 3 is 2.60 bits per heavy atom. The van der Waals surface area contributed by atoms with Crippen LogP contribution in [0.25, 0.3) is 10.9 Å². The molecule has 0 unspecified atom stereocenters. The van der Waals surface area contributed by atoms with Crippen LogP contribution in [0.3, 0.4) is 0 Å². The number of halogens is 1. The zero-order chi connectivity index (χ0) is 14.9. The van der Waals surface area contributed by atoms with Gasteiger partial charge in [-0.05, 0) is 38.0 Å². The quantitative estimate of drug-likeness (QED) is 0.862. The summed E-state index contributed by atoms with van der Waals surface area (Å²) in [6.45, 7) is 9.16. The molecule has 0 spiro atoms. The van der Waals surface area contributed by atoms with Gasteiger partial charge in [-0.2, -0.15) is 0 Å². The van der Waals surface area contributed by atoms with E-state index in [1.165, 1.54) is 6.07 Å². The third-order valence-electron chi connectivity index (χ3n) is 3.32. The van der Waals surface area contributed by atoms with Gasteiger partial charge in [-0.25, -0.2) is 4.39 Å². The van der Waals surface area contributed by atoms with Gasteiger partial charge in [-0.1, -0.05) is 13.8 Å². The maximum atomic E-state index is 14.5. The first kappa shape index (κ1) is 14.6. The van der Waals surface area contributed by atoms with Crippen LogP contribution in [0, 0.1) is 11.7 Å². The molecule has 3 nitrogen and oxygen atoms in total. The third kappa shape index (κ3) is 2.69. The number of nitrogens with zero attached hydrogens (tertiary/aromatic N) is 2. The molecule has 2 rings (SSSR count). The van der Waals surface area contributed by atoms with Crippen molar-refractivity contribution in [2.45, 2.75) is 33.7 Å². The average molecular weight is 275 g/mol. The number of pyridine rings is 1. The third-order valence-corrected chi connectivity index (χ3v) is 3.32. The molecular weight excluding hydrogens is 253 g/mol. The lowest BCUT2D eigenvalue weighted by molar-refractivity contribution is 0.551. The van der Waals surface area contributed by atoms with Crippen LogP contribution in [0.4, 0.5) is 15.8 Å². The van der Waals surface area contributed by atoms with E-state index in [4.69, 9.17) is 5.73 Å². The normalized spacial score (nSPS) is 11.6. The minimum atomic E-state index is -0.303. The minimum absolute atomic E-state index is 0.195. The van der Waals surface area contributed by atoms with Crippen molar-refractivity contribution in [2.75, 3.05) is 17.2 Å². The van der Waals surface area contributed by atoms with Crippen LogP contribution in [0.1, 0.15) is 27.7 Å². The molecule has 0 saturated heterocycles. The number of rotatable bonds is 4. The molecule has 0 aliphatic rings. The number of hydrogen-bond acceptors (Lipinski definition) is 3. The van der Waals surface area contributed by atoms with Gasteiger partial charge in [0, 0.05) is 29.9 Å². The Morgan fingerprint density at radius 1 is 1.30 bits per heavy atom. The molecule has 0 aliphatic heterocycles. The fourth-order valence-electron chi connectivity index (χ4n) is 2.45. The van der Waals surface area contributed by atoms with E-state index in [1.54, 1.807) is 6.20 Å². The lowest BCUT2D eigenvalue weighted by Crippen LogP contribution is -2.35. The maximum Gasteiger partial charge on any atom is 0.150 e. The highest BCUT2D eigenvalue weighted by molar-refractivity contribution is 5.99. The summed E-state index contributed by atoms with van der Waals surface area (Å²) in [5.74, 6) is 0.135. The molecule has 108 valence electrons. The molecule has 4 heteroatoms. The average Bonchev–Trinajstić information content (AvgIpc) is 2.37. The van der Waals surface area contributed by atoms with Crippen molar-refractivity contribution in [1.29, 1.82) is 0 Å².